The number of fused-ring (bicyclic) bond motifs is 11. The van der Waals surface area contributed by atoms with E-state index in [0.29, 0.717) is 32.0 Å². The Morgan fingerprint density at radius 3 is 1.95 bits per heavy atom. The molecule has 10 heteroatoms. The van der Waals surface area contributed by atoms with Gasteiger partial charge in [-0.3, -0.25) is 9.59 Å². The fraction of sp³-hybridized carbons (Fsp3) is 0.429. The molecule has 66 heavy (non-hydrogen) atoms. The Bertz CT molecular complexity index is 2940. The van der Waals surface area contributed by atoms with Crippen molar-refractivity contribution in [3.05, 3.63) is 106 Å². The number of carbonyl (C=O) groups is 2. The van der Waals surface area contributed by atoms with E-state index < -0.39 is 11.9 Å². The second-order valence-electron chi connectivity index (χ2n) is 19.9. The third kappa shape index (κ3) is 8.11. The molecule has 0 fully saturated rings. The van der Waals surface area contributed by atoms with Crippen molar-refractivity contribution >= 4 is 45.1 Å². The van der Waals surface area contributed by atoms with Crippen molar-refractivity contribution in [3.63, 3.8) is 0 Å². The first-order valence-electron chi connectivity index (χ1n) is 23.7. The van der Waals surface area contributed by atoms with Crippen LogP contribution in [0.25, 0.3) is 44.3 Å². The molecule has 4 aromatic carbocycles. The number of ether oxygens (including phenoxy) is 2. The lowest BCUT2D eigenvalue weighted by atomic mass is 9.78. The van der Waals surface area contributed by atoms with Crippen LogP contribution < -0.4 is 28.4 Å². The van der Waals surface area contributed by atoms with Gasteiger partial charge in [-0.05, 0) is 137 Å². The number of hydrogen-bond donors (Lipinski definition) is 2. The Balaban J connectivity index is 0.000000163. The molecule has 2 N–H and O–H groups in total. The van der Waals surface area contributed by atoms with Crippen LogP contribution in [0, 0.1) is 6.92 Å². The van der Waals surface area contributed by atoms with Gasteiger partial charge in [-0.1, -0.05) is 26.0 Å². The number of benzene rings is 4. The number of aryl methyl sites for hydroxylation is 6. The summed E-state index contributed by atoms with van der Waals surface area (Å²) in [6, 6.07) is 25.0. The predicted octanol–water partition coefficient (Wildman–Crippen LogP) is 10.5. The summed E-state index contributed by atoms with van der Waals surface area (Å²) in [6.07, 6.45) is 8.53. The number of rotatable bonds is 8. The number of anilines is 2. The topological polar surface area (TPSA) is 107 Å². The van der Waals surface area contributed by atoms with Gasteiger partial charge in [0.1, 0.15) is 38.8 Å². The summed E-state index contributed by atoms with van der Waals surface area (Å²) in [6.45, 7) is 12.6. The molecular formula is C56H66N4O6+2. The highest BCUT2D eigenvalue weighted by Gasteiger charge is 2.39. The van der Waals surface area contributed by atoms with Crippen LogP contribution in [0.4, 0.5) is 11.4 Å². The first-order valence-corrected chi connectivity index (χ1v) is 23.7. The Kier molecular flexibility index (Phi) is 12.0. The molecule has 0 saturated carbocycles. The Morgan fingerprint density at radius 1 is 0.697 bits per heavy atom. The van der Waals surface area contributed by atoms with Crippen molar-refractivity contribution in [2.24, 2.45) is 14.1 Å². The van der Waals surface area contributed by atoms with E-state index in [2.05, 4.69) is 127 Å². The summed E-state index contributed by atoms with van der Waals surface area (Å²) < 4.78 is 17.3. The van der Waals surface area contributed by atoms with Crippen molar-refractivity contribution in [2.75, 3.05) is 29.4 Å². The van der Waals surface area contributed by atoms with Gasteiger partial charge in [0.25, 0.3) is 0 Å². The number of aromatic nitrogens is 2. The molecule has 1 unspecified atom stereocenters. The molecule has 6 heterocycles. The SMILES string of the molecule is C.C[n+]1c2c(cc3cc4c(cc31)CCC4)COc1cc3c(cc1-2)CCCN3CCCC(=O)O.Cc1ccc2c(c1)cc1c([n+]2C)-c2cc3c(cc2OC1)N(CCCC(=O)O)C(C)(C)CC3C. The van der Waals surface area contributed by atoms with Gasteiger partial charge in [-0.15, -0.1) is 0 Å². The summed E-state index contributed by atoms with van der Waals surface area (Å²) in [5.74, 6) is 0.806. The van der Waals surface area contributed by atoms with E-state index in [-0.39, 0.29) is 25.8 Å². The molecule has 5 aliphatic rings. The monoisotopic (exact) mass is 890 g/mol. The third-order valence-corrected chi connectivity index (χ3v) is 14.8. The molecule has 0 amide bonds. The van der Waals surface area contributed by atoms with Gasteiger partial charge in [0.15, 0.2) is 0 Å². The fourth-order valence-corrected chi connectivity index (χ4v) is 11.8. The Morgan fingerprint density at radius 2 is 1.27 bits per heavy atom. The Labute approximate surface area is 389 Å². The van der Waals surface area contributed by atoms with Crippen LogP contribution in [0.3, 0.4) is 0 Å². The molecule has 1 aliphatic carbocycles. The smallest absolute Gasteiger partial charge is 0.303 e. The van der Waals surface area contributed by atoms with Gasteiger partial charge >= 0.3 is 11.9 Å². The highest BCUT2D eigenvalue weighted by atomic mass is 16.5. The van der Waals surface area contributed by atoms with Crippen LogP contribution in [-0.2, 0) is 56.2 Å². The standard InChI is InChI=1S/C28H32N2O3.C27H28N2O3.CH4/c1-17-8-9-23-19(11-17)12-20-16-33-25-14-24-21(13-22(25)27(20)29(23)5)18(2)15-28(3,4)30(24)10-6-7-26(31)32;1-28-23-14-18-6-2-5-17(18)11-20(23)12-21-16-32-25-15-24-19(13-22(25)27(21)28)7-3-9-29(24)10-4-8-26(30)31;/h8-9,11-14,18H,6-7,10,15-16H2,1-5H3;11-15H,2-10,16H2,1H3;1H4/p+2. The van der Waals surface area contributed by atoms with Crippen molar-refractivity contribution < 1.29 is 38.4 Å². The number of carboxylic acids is 2. The average molecular weight is 891 g/mol. The number of carboxylic acid groups (broad SMARTS) is 2. The molecule has 0 bridgehead atoms. The summed E-state index contributed by atoms with van der Waals surface area (Å²) in [4.78, 5) is 26.8. The molecule has 0 radical (unpaired) electrons. The van der Waals surface area contributed by atoms with Crippen molar-refractivity contribution in [3.8, 4) is 34.0 Å². The van der Waals surface area contributed by atoms with E-state index in [4.69, 9.17) is 19.7 Å². The summed E-state index contributed by atoms with van der Waals surface area (Å²) in [7, 11) is 4.34. The third-order valence-electron chi connectivity index (χ3n) is 14.8. The van der Waals surface area contributed by atoms with Crippen LogP contribution in [0.5, 0.6) is 11.5 Å². The fourth-order valence-electron chi connectivity index (χ4n) is 11.8. The Hall–Kier alpha value is -6.16. The van der Waals surface area contributed by atoms with Crippen LogP contribution in [0.2, 0.25) is 0 Å². The molecule has 4 aliphatic heterocycles. The minimum Gasteiger partial charge on any atom is -0.488 e. The van der Waals surface area contributed by atoms with Gasteiger partial charge in [0.05, 0.1) is 22.3 Å². The van der Waals surface area contributed by atoms with Crippen LogP contribution in [0.1, 0.15) is 118 Å². The first-order chi connectivity index (χ1) is 31.2. The van der Waals surface area contributed by atoms with Crippen molar-refractivity contribution in [1.82, 2.24) is 0 Å². The molecule has 0 saturated heterocycles. The quantitative estimate of drug-likeness (QED) is 0.146. The van der Waals surface area contributed by atoms with Gasteiger partial charge in [0, 0.05) is 84.4 Å². The molecule has 2 aromatic heterocycles. The van der Waals surface area contributed by atoms with Gasteiger partial charge in [0.2, 0.25) is 22.4 Å². The zero-order valence-electron chi connectivity index (χ0n) is 38.9. The van der Waals surface area contributed by atoms with E-state index in [0.717, 1.165) is 56.0 Å². The number of pyridine rings is 2. The molecule has 1 atom stereocenters. The number of hydrogen-bond acceptors (Lipinski definition) is 6. The van der Waals surface area contributed by atoms with Gasteiger partial charge in [-0.25, -0.2) is 0 Å². The zero-order valence-corrected chi connectivity index (χ0v) is 38.9. The minimum atomic E-state index is -0.737. The highest BCUT2D eigenvalue weighted by molar-refractivity contribution is 5.85. The van der Waals surface area contributed by atoms with Crippen molar-refractivity contribution in [1.29, 1.82) is 0 Å². The lowest BCUT2D eigenvalue weighted by Crippen LogP contribution is -2.49. The summed E-state index contributed by atoms with van der Waals surface area (Å²) in [5, 5.41) is 20.7. The average Bonchev–Trinajstić information content (AvgIpc) is 3.73. The van der Waals surface area contributed by atoms with E-state index in [9.17, 15) is 9.59 Å². The van der Waals surface area contributed by atoms with E-state index in [1.165, 1.54) is 108 Å². The van der Waals surface area contributed by atoms with E-state index in [1.54, 1.807) is 0 Å². The minimum absolute atomic E-state index is 0. The lowest BCUT2D eigenvalue weighted by Gasteiger charge is -2.48. The normalized spacial score (nSPS) is 17.0. The molecule has 344 valence electrons. The summed E-state index contributed by atoms with van der Waals surface area (Å²) in [5.41, 5.74) is 19.1. The first kappa shape index (κ1) is 45.0. The van der Waals surface area contributed by atoms with Crippen LogP contribution in [-0.4, -0.2) is 47.3 Å². The maximum absolute atomic E-state index is 11.1. The highest BCUT2D eigenvalue weighted by Crippen LogP contribution is 2.49. The molecule has 0 spiro atoms. The molecule has 6 aromatic rings. The van der Waals surface area contributed by atoms with Crippen LogP contribution in [0.15, 0.2) is 66.7 Å². The predicted molar refractivity (Wildman–Crippen MR) is 262 cm³/mol. The number of aliphatic carboxylic acids is 2. The molecule has 11 rings (SSSR count). The maximum Gasteiger partial charge on any atom is 0.303 e. The van der Waals surface area contributed by atoms with Crippen LogP contribution >= 0.6 is 0 Å². The van der Waals surface area contributed by atoms with E-state index in [1.807, 2.05) is 0 Å². The largest absolute Gasteiger partial charge is 0.488 e. The van der Waals surface area contributed by atoms with Gasteiger partial charge < -0.3 is 29.5 Å². The maximum atomic E-state index is 11.1. The van der Waals surface area contributed by atoms with E-state index >= 15 is 0 Å². The second-order valence-corrected chi connectivity index (χ2v) is 19.9. The number of nitrogens with zero attached hydrogens (tertiary/aromatic N) is 4. The van der Waals surface area contributed by atoms with Crippen molar-refractivity contribution in [2.45, 2.75) is 124 Å². The zero-order chi connectivity index (χ0) is 45.3. The second kappa shape index (κ2) is 17.6. The molecule has 10 nitrogen and oxygen atoms in total. The summed E-state index contributed by atoms with van der Waals surface area (Å²) >= 11 is 0. The lowest BCUT2D eigenvalue weighted by molar-refractivity contribution is -0.634. The van der Waals surface area contributed by atoms with Gasteiger partial charge in [-0.2, -0.15) is 9.13 Å². The molecular weight excluding hydrogens is 825 g/mol.